The van der Waals surface area contributed by atoms with Gasteiger partial charge in [-0.2, -0.15) is 5.10 Å². The van der Waals surface area contributed by atoms with Gasteiger partial charge in [0.1, 0.15) is 0 Å². The molecule has 0 fully saturated rings. The second-order valence-corrected chi connectivity index (χ2v) is 9.21. The van der Waals surface area contributed by atoms with Gasteiger partial charge in [0.2, 0.25) is 5.91 Å². The van der Waals surface area contributed by atoms with Crippen molar-refractivity contribution in [3.05, 3.63) is 77.1 Å². The van der Waals surface area contributed by atoms with Crippen molar-refractivity contribution in [1.29, 1.82) is 0 Å². The van der Waals surface area contributed by atoms with Crippen LogP contribution in [0.15, 0.2) is 54.6 Å². The van der Waals surface area contributed by atoms with Gasteiger partial charge in [-0.05, 0) is 43.0 Å². The van der Waals surface area contributed by atoms with E-state index in [2.05, 4.69) is 43.2 Å². The quantitative estimate of drug-likeness (QED) is 0.387. The molecule has 160 valence electrons. The van der Waals surface area contributed by atoms with E-state index >= 15 is 0 Å². The number of hydrogen-bond acceptors (Lipinski definition) is 4. The molecule has 2 aromatic carbocycles. The molecule has 2 aromatic heterocycles. The van der Waals surface area contributed by atoms with Crippen molar-refractivity contribution in [3.8, 4) is 0 Å². The zero-order chi connectivity index (χ0) is 22.0. The number of fused-ring (bicyclic) bond motifs is 1. The molecule has 0 spiro atoms. The molecule has 0 unspecified atom stereocenters. The van der Waals surface area contributed by atoms with Crippen LogP contribution in [-0.4, -0.2) is 27.2 Å². The Bertz CT molecular complexity index is 1190. The van der Waals surface area contributed by atoms with Crippen molar-refractivity contribution in [1.82, 2.24) is 14.8 Å². The van der Waals surface area contributed by atoms with E-state index in [1.165, 1.54) is 5.56 Å². The predicted molar refractivity (Wildman–Crippen MR) is 128 cm³/mol. The standard InChI is InChI=1S/C25H28N4OS/c1-17(2)21-11-8-12-22-24(21)26-25(31-22)28(13-14-29-19(4)15-18(3)27-29)23(30)16-20-9-6-5-7-10-20/h5-12,15,17H,13-14,16H2,1-4H3. The van der Waals surface area contributed by atoms with Gasteiger partial charge in [0, 0.05) is 12.2 Å². The monoisotopic (exact) mass is 432 g/mol. The normalized spacial score (nSPS) is 11.4. The highest BCUT2D eigenvalue weighted by molar-refractivity contribution is 7.22. The maximum atomic E-state index is 13.4. The summed E-state index contributed by atoms with van der Waals surface area (Å²) in [5.41, 5.74) is 5.31. The van der Waals surface area contributed by atoms with E-state index in [4.69, 9.17) is 4.98 Å². The number of benzene rings is 2. The second kappa shape index (κ2) is 9.02. The van der Waals surface area contributed by atoms with Gasteiger partial charge in [0.05, 0.1) is 28.9 Å². The lowest BCUT2D eigenvalue weighted by molar-refractivity contribution is -0.118. The minimum absolute atomic E-state index is 0.0536. The molecule has 4 aromatic rings. The summed E-state index contributed by atoms with van der Waals surface area (Å²) in [4.78, 5) is 20.1. The molecule has 0 atom stereocenters. The van der Waals surface area contributed by atoms with Crippen molar-refractivity contribution < 1.29 is 4.79 Å². The third-order valence-corrected chi connectivity index (χ3v) is 6.47. The minimum Gasteiger partial charge on any atom is -0.286 e. The Balaban J connectivity index is 1.67. The molecule has 1 amide bonds. The molecule has 0 aliphatic heterocycles. The summed E-state index contributed by atoms with van der Waals surface area (Å²) in [6.45, 7) is 9.55. The number of hydrogen-bond donors (Lipinski definition) is 0. The third-order valence-electron chi connectivity index (χ3n) is 5.43. The van der Waals surface area contributed by atoms with Crippen molar-refractivity contribution in [2.24, 2.45) is 0 Å². The minimum atomic E-state index is 0.0536. The Morgan fingerprint density at radius 1 is 1.10 bits per heavy atom. The summed E-state index contributed by atoms with van der Waals surface area (Å²) in [7, 11) is 0. The maximum absolute atomic E-state index is 13.4. The highest BCUT2D eigenvalue weighted by atomic mass is 32.1. The van der Waals surface area contributed by atoms with E-state index in [1.54, 1.807) is 11.3 Å². The third kappa shape index (κ3) is 4.69. The number of para-hydroxylation sites is 1. The summed E-state index contributed by atoms with van der Waals surface area (Å²) in [5, 5.41) is 5.32. The Morgan fingerprint density at radius 3 is 2.55 bits per heavy atom. The zero-order valence-corrected chi connectivity index (χ0v) is 19.3. The number of thiazole rings is 1. The average Bonchev–Trinajstić information content (AvgIpc) is 3.30. The van der Waals surface area contributed by atoms with Crippen molar-refractivity contribution in [3.63, 3.8) is 0 Å². The number of nitrogens with zero attached hydrogens (tertiary/aromatic N) is 4. The lowest BCUT2D eigenvalue weighted by Crippen LogP contribution is -2.35. The zero-order valence-electron chi connectivity index (χ0n) is 18.5. The first-order valence-electron chi connectivity index (χ1n) is 10.7. The van der Waals surface area contributed by atoms with E-state index in [9.17, 15) is 4.79 Å². The van der Waals surface area contributed by atoms with Crippen LogP contribution in [0.4, 0.5) is 5.13 Å². The highest BCUT2D eigenvalue weighted by Gasteiger charge is 2.21. The number of aryl methyl sites for hydroxylation is 2. The van der Waals surface area contributed by atoms with Crippen LogP contribution in [-0.2, 0) is 17.8 Å². The number of anilines is 1. The molecule has 2 heterocycles. The first kappa shape index (κ1) is 21.2. The molecule has 0 saturated heterocycles. The molecule has 0 N–H and O–H groups in total. The number of carbonyl (C=O) groups is 1. The van der Waals surface area contributed by atoms with Crippen LogP contribution in [0, 0.1) is 13.8 Å². The molecule has 31 heavy (non-hydrogen) atoms. The van der Waals surface area contributed by atoms with Crippen molar-refractivity contribution in [2.45, 2.75) is 46.6 Å². The molecule has 0 radical (unpaired) electrons. The van der Waals surface area contributed by atoms with E-state index in [1.807, 2.05) is 53.8 Å². The maximum Gasteiger partial charge on any atom is 0.233 e. The smallest absolute Gasteiger partial charge is 0.233 e. The highest BCUT2D eigenvalue weighted by Crippen LogP contribution is 2.33. The molecule has 0 aliphatic carbocycles. The molecule has 0 bridgehead atoms. The number of aromatic nitrogens is 3. The first-order chi connectivity index (χ1) is 14.9. The summed E-state index contributed by atoms with van der Waals surface area (Å²) >= 11 is 1.58. The van der Waals surface area contributed by atoms with Crippen LogP contribution in [0.2, 0.25) is 0 Å². The van der Waals surface area contributed by atoms with Gasteiger partial charge in [-0.1, -0.05) is 67.6 Å². The summed E-state index contributed by atoms with van der Waals surface area (Å²) in [5.74, 6) is 0.430. The van der Waals surface area contributed by atoms with Crippen molar-refractivity contribution in [2.75, 3.05) is 11.4 Å². The Labute approximate surface area is 187 Å². The van der Waals surface area contributed by atoms with Gasteiger partial charge in [0.25, 0.3) is 0 Å². The van der Waals surface area contributed by atoms with Gasteiger partial charge in [-0.15, -0.1) is 0 Å². The number of amides is 1. The lowest BCUT2D eigenvalue weighted by atomic mass is 10.0. The van der Waals surface area contributed by atoms with Crippen LogP contribution < -0.4 is 4.90 Å². The fourth-order valence-corrected chi connectivity index (χ4v) is 4.87. The molecule has 6 heteroatoms. The largest absolute Gasteiger partial charge is 0.286 e. The Morgan fingerprint density at radius 2 is 1.87 bits per heavy atom. The molecule has 4 rings (SSSR count). The fourth-order valence-electron chi connectivity index (χ4n) is 3.83. The van der Waals surface area contributed by atoms with Gasteiger partial charge in [-0.3, -0.25) is 14.4 Å². The summed E-state index contributed by atoms with van der Waals surface area (Å²) in [6, 6.07) is 18.2. The Kier molecular flexibility index (Phi) is 6.18. The second-order valence-electron chi connectivity index (χ2n) is 8.20. The van der Waals surface area contributed by atoms with Crippen LogP contribution >= 0.6 is 11.3 Å². The SMILES string of the molecule is Cc1cc(C)n(CCN(C(=O)Cc2ccccc2)c2nc3c(C(C)C)cccc3s2)n1. The van der Waals surface area contributed by atoms with Crippen LogP contribution in [0.25, 0.3) is 10.2 Å². The number of carbonyl (C=O) groups excluding carboxylic acids is 1. The van der Waals surface area contributed by atoms with E-state index < -0.39 is 0 Å². The van der Waals surface area contributed by atoms with Gasteiger partial charge >= 0.3 is 0 Å². The van der Waals surface area contributed by atoms with Gasteiger partial charge in [-0.25, -0.2) is 4.98 Å². The lowest BCUT2D eigenvalue weighted by Gasteiger charge is -2.20. The first-order valence-corrected chi connectivity index (χ1v) is 11.5. The number of rotatable bonds is 7. The molecule has 0 aliphatic rings. The van der Waals surface area contributed by atoms with Gasteiger partial charge < -0.3 is 0 Å². The Hall–Kier alpha value is -2.99. The fraction of sp³-hybridized carbons (Fsp3) is 0.320. The van der Waals surface area contributed by atoms with E-state index in [0.29, 0.717) is 25.4 Å². The van der Waals surface area contributed by atoms with Crippen molar-refractivity contribution >= 4 is 32.6 Å². The topological polar surface area (TPSA) is 51.0 Å². The predicted octanol–water partition coefficient (Wildman–Crippen LogP) is 5.51. The van der Waals surface area contributed by atoms with E-state index in [-0.39, 0.29) is 5.91 Å². The van der Waals surface area contributed by atoms with Crippen LogP contribution in [0.5, 0.6) is 0 Å². The van der Waals surface area contributed by atoms with E-state index in [0.717, 1.165) is 32.3 Å². The molecule has 5 nitrogen and oxygen atoms in total. The molecule has 0 saturated carbocycles. The van der Waals surface area contributed by atoms with Crippen LogP contribution in [0.1, 0.15) is 42.3 Å². The van der Waals surface area contributed by atoms with Gasteiger partial charge in [0.15, 0.2) is 5.13 Å². The van der Waals surface area contributed by atoms with Crippen LogP contribution in [0.3, 0.4) is 0 Å². The molecular formula is C25H28N4OS. The molecular weight excluding hydrogens is 404 g/mol. The summed E-state index contributed by atoms with van der Waals surface area (Å²) < 4.78 is 3.08. The average molecular weight is 433 g/mol. The summed E-state index contributed by atoms with van der Waals surface area (Å²) in [6.07, 6.45) is 0.352.